The first kappa shape index (κ1) is 26.8. The van der Waals surface area contributed by atoms with Crippen molar-refractivity contribution in [3.8, 4) is 11.5 Å². The molecule has 2 aliphatic rings. The Hall–Kier alpha value is -3.80. The third kappa shape index (κ3) is 6.99. The molecular formula is C33H38N2O4. The van der Waals surface area contributed by atoms with Crippen LogP contribution >= 0.6 is 0 Å². The van der Waals surface area contributed by atoms with Crippen molar-refractivity contribution in [3.63, 3.8) is 0 Å². The van der Waals surface area contributed by atoms with Gasteiger partial charge >= 0.3 is 0 Å². The van der Waals surface area contributed by atoms with Crippen LogP contribution in [0.1, 0.15) is 60.8 Å². The molecule has 1 aliphatic heterocycles. The molecule has 0 bridgehead atoms. The van der Waals surface area contributed by atoms with Crippen molar-refractivity contribution in [3.05, 3.63) is 95.1 Å². The average Bonchev–Trinajstić information content (AvgIpc) is 3.44. The predicted molar refractivity (Wildman–Crippen MR) is 152 cm³/mol. The van der Waals surface area contributed by atoms with Gasteiger partial charge < -0.3 is 19.7 Å². The number of ether oxygens (including phenoxy) is 2. The molecule has 204 valence electrons. The highest BCUT2D eigenvalue weighted by Gasteiger charge is 2.32. The van der Waals surface area contributed by atoms with E-state index in [1.165, 1.54) is 6.42 Å². The molecule has 2 amide bonds. The van der Waals surface area contributed by atoms with Crippen LogP contribution in [0.2, 0.25) is 0 Å². The lowest BCUT2D eigenvalue weighted by atomic mass is 9.94. The maximum absolute atomic E-state index is 14.0. The van der Waals surface area contributed by atoms with Gasteiger partial charge in [0.25, 0.3) is 0 Å². The lowest BCUT2D eigenvalue weighted by Crippen LogP contribution is -2.53. The van der Waals surface area contributed by atoms with Crippen LogP contribution in [0.15, 0.2) is 72.8 Å². The van der Waals surface area contributed by atoms with E-state index in [2.05, 4.69) is 18.3 Å². The number of rotatable bonds is 10. The minimum absolute atomic E-state index is 0.0318. The minimum Gasteiger partial charge on any atom is -0.454 e. The molecule has 39 heavy (non-hydrogen) atoms. The highest BCUT2D eigenvalue weighted by atomic mass is 16.7. The number of nitrogens with zero attached hydrogens (tertiary/aromatic N) is 1. The van der Waals surface area contributed by atoms with Gasteiger partial charge in [-0.15, -0.1) is 0 Å². The van der Waals surface area contributed by atoms with E-state index in [0.717, 1.165) is 53.7 Å². The Morgan fingerprint density at radius 2 is 1.64 bits per heavy atom. The fourth-order valence-corrected chi connectivity index (χ4v) is 5.56. The Labute approximate surface area is 231 Å². The first-order valence-corrected chi connectivity index (χ1v) is 14.1. The Bertz CT molecular complexity index is 1270. The zero-order valence-corrected chi connectivity index (χ0v) is 22.7. The quantitative estimate of drug-likeness (QED) is 0.366. The van der Waals surface area contributed by atoms with E-state index >= 15 is 0 Å². The summed E-state index contributed by atoms with van der Waals surface area (Å²) in [6.45, 7) is 2.67. The maximum Gasteiger partial charge on any atom is 0.243 e. The van der Waals surface area contributed by atoms with Gasteiger partial charge in [0.2, 0.25) is 18.6 Å². The molecule has 6 nitrogen and oxygen atoms in total. The summed E-state index contributed by atoms with van der Waals surface area (Å²) in [7, 11) is 0. The van der Waals surface area contributed by atoms with Gasteiger partial charge in [0.1, 0.15) is 6.04 Å². The van der Waals surface area contributed by atoms with Gasteiger partial charge in [-0.2, -0.15) is 0 Å². The van der Waals surface area contributed by atoms with Gasteiger partial charge in [0, 0.05) is 25.4 Å². The van der Waals surface area contributed by atoms with E-state index in [-0.39, 0.29) is 24.6 Å². The van der Waals surface area contributed by atoms with Gasteiger partial charge in [0.15, 0.2) is 11.5 Å². The topological polar surface area (TPSA) is 67.9 Å². The van der Waals surface area contributed by atoms with E-state index in [1.54, 1.807) is 4.90 Å². The number of carbonyl (C=O) groups is 2. The van der Waals surface area contributed by atoms with Gasteiger partial charge in [-0.05, 0) is 60.6 Å². The zero-order valence-electron chi connectivity index (χ0n) is 22.7. The number of amides is 2. The SMILES string of the molecule is Cc1ccccc1CN(C(=O)CCc1ccc2c(c1)OCO2)[C@H](Cc1ccccc1)C(=O)NC1CCCCC1. The standard InChI is InChI=1S/C33H38N2O4/c1-24-10-8-9-13-27(24)22-35(32(36)19-17-26-16-18-30-31(21-26)39-23-38-30)29(20-25-11-4-2-5-12-25)33(37)34-28-14-6-3-7-15-28/h2,4-5,8-13,16,18,21,28-29H,3,6-7,14-15,17,19-20,22-23H2,1H3,(H,34,37)/t29-/m1/s1. The Balaban J connectivity index is 1.40. The number of hydrogen-bond donors (Lipinski definition) is 1. The number of nitrogens with one attached hydrogen (secondary N) is 1. The molecule has 1 aliphatic carbocycles. The van der Waals surface area contributed by atoms with E-state index in [9.17, 15) is 9.59 Å². The average molecular weight is 527 g/mol. The molecule has 3 aromatic rings. The van der Waals surface area contributed by atoms with Crippen LogP contribution in [0.25, 0.3) is 0 Å². The Morgan fingerprint density at radius 3 is 2.44 bits per heavy atom. The van der Waals surface area contributed by atoms with Crippen molar-refractivity contribution in [2.75, 3.05) is 6.79 Å². The second kappa shape index (κ2) is 12.8. The molecule has 0 aromatic heterocycles. The summed E-state index contributed by atoms with van der Waals surface area (Å²) in [5, 5.41) is 3.31. The van der Waals surface area contributed by atoms with Gasteiger partial charge in [-0.1, -0.05) is 79.9 Å². The largest absolute Gasteiger partial charge is 0.454 e. The van der Waals surface area contributed by atoms with Crippen molar-refractivity contribution in [1.82, 2.24) is 10.2 Å². The normalized spacial score (nSPS) is 15.5. The van der Waals surface area contributed by atoms with Crippen molar-refractivity contribution >= 4 is 11.8 Å². The lowest BCUT2D eigenvalue weighted by molar-refractivity contribution is -0.141. The molecule has 1 fully saturated rings. The number of hydrogen-bond acceptors (Lipinski definition) is 4. The summed E-state index contributed by atoms with van der Waals surface area (Å²) in [5.41, 5.74) is 4.21. The molecule has 6 heteroatoms. The highest BCUT2D eigenvalue weighted by Crippen LogP contribution is 2.33. The first-order valence-electron chi connectivity index (χ1n) is 14.1. The summed E-state index contributed by atoms with van der Waals surface area (Å²) in [5.74, 6) is 1.35. The first-order chi connectivity index (χ1) is 19.1. The highest BCUT2D eigenvalue weighted by molar-refractivity contribution is 5.88. The van der Waals surface area contributed by atoms with Gasteiger partial charge in [-0.3, -0.25) is 9.59 Å². The number of carbonyl (C=O) groups excluding carboxylic acids is 2. The minimum atomic E-state index is -0.599. The molecule has 3 aromatic carbocycles. The molecule has 0 unspecified atom stereocenters. The molecule has 0 radical (unpaired) electrons. The van der Waals surface area contributed by atoms with Crippen LogP contribution in [0.5, 0.6) is 11.5 Å². The second-order valence-corrected chi connectivity index (χ2v) is 10.7. The van der Waals surface area contributed by atoms with Crippen molar-refractivity contribution < 1.29 is 19.1 Å². The molecule has 0 saturated heterocycles. The number of benzene rings is 3. The van der Waals surface area contributed by atoms with Crippen molar-refractivity contribution in [2.24, 2.45) is 0 Å². The van der Waals surface area contributed by atoms with Crippen LogP contribution in [0.3, 0.4) is 0 Å². The smallest absolute Gasteiger partial charge is 0.243 e. The molecular weight excluding hydrogens is 488 g/mol. The predicted octanol–water partition coefficient (Wildman–Crippen LogP) is 5.75. The molecule has 1 N–H and O–H groups in total. The molecule has 1 heterocycles. The molecule has 5 rings (SSSR count). The van der Waals surface area contributed by atoms with E-state index in [4.69, 9.17) is 9.47 Å². The van der Waals surface area contributed by atoms with Gasteiger partial charge in [0.05, 0.1) is 0 Å². The van der Waals surface area contributed by atoms with E-state index < -0.39 is 6.04 Å². The Morgan fingerprint density at radius 1 is 0.897 bits per heavy atom. The number of aryl methyl sites for hydroxylation is 2. The summed E-state index contributed by atoms with van der Waals surface area (Å²) < 4.78 is 11.0. The van der Waals surface area contributed by atoms with E-state index in [0.29, 0.717) is 31.6 Å². The van der Waals surface area contributed by atoms with Gasteiger partial charge in [-0.25, -0.2) is 0 Å². The van der Waals surface area contributed by atoms with Crippen LogP contribution < -0.4 is 14.8 Å². The van der Waals surface area contributed by atoms with Crippen molar-refractivity contribution in [1.29, 1.82) is 0 Å². The fourth-order valence-electron chi connectivity index (χ4n) is 5.56. The van der Waals surface area contributed by atoms with E-state index in [1.807, 2.05) is 66.7 Å². The molecule has 1 saturated carbocycles. The van der Waals surface area contributed by atoms with Crippen LogP contribution in [-0.4, -0.2) is 35.6 Å². The number of fused-ring (bicyclic) bond motifs is 1. The lowest BCUT2D eigenvalue weighted by Gasteiger charge is -2.34. The summed E-state index contributed by atoms with van der Waals surface area (Å²) >= 11 is 0. The maximum atomic E-state index is 14.0. The summed E-state index contributed by atoms with van der Waals surface area (Å²) in [4.78, 5) is 29.7. The zero-order chi connectivity index (χ0) is 27.0. The van der Waals surface area contributed by atoms with Crippen LogP contribution in [0, 0.1) is 6.92 Å². The third-order valence-corrected chi connectivity index (χ3v) is 7.89. The monoisotopic (exact) mass is 526 g/mol. The van der Waals surface area contributed by atoms with Crippen LogP contribution in [0.4, 0.5) is 0 Å². The van der Waals surface area contributed by atoms with Crippen molar-refractivity contribution in [2.45, 2.75) is 76.9 Å². The Kier molecular flexibility index (Phi) is 8.82. The third-order valence-electron chi connectivity index (χ3n) is 7.89. The fraction of sp³-hybridized carbons (Fsp3) is 0.394. The molecule has 1 atom stereocenters. The second-order valence-electron chi connectivity index (χ2n) is 10.7. The summed E-state index contributed by atoms with van der Waals surface area (Å²) in [6, 6.07) is 23.5. The molecule has 0 spiro atoms. The summed E-state index contributed by atoms with van der Waals surface area (Å²) in [6.07, 6.45) is 6.82. The van der Waals surface area contributed by atoms with Crippen LogP contribution in [-0.2, 0) is 29.0 Å².